The molecule has 0 aromatic heterocycles. The van der Waals surface area contributed by atoms with Gasteiger partial charge in [0.25, 0.3) is 0 Å². The number of likely N-dealkylation sites (N-methyl/N-ethyl adjacent to an activating group) is 2. The number of ether oxygens (including phenoxy) is 6. The minimum absolute atomic E-state index is 0.0639. The van der Waals surface area contributed by atoms with E-state index in [1.54, 1.807) is 103 Å². The number of allylic oxidation sites excluding steroid dienone is 4. The van der Waals surface area contributed by atoms with Crippen molar-refractivity contribution in [2.24, 2.45) is 0 Å². The lowest BCUT2D eigenvalue weighted by atomic mass is 10.1. The van der Waals surface area contributed by atoms with E-state index in [1.165, 1.54) is 0 Å². The van der Waals surface area contributed by atoms with Gasteiger partial charge in [-0.15, -0.1) is 0 Å². The predicted octanol–water partition coefficient (Wildman–Crippen LogP) is 6.05. The smallest absolute Gasteiger partial charge is 0.246 e. The summed E-state index contributed by atoms with van der Waals surface area (Å²) in [5.41, 5.74) is 1.71. The standard InChI is InChI=1S/C36H48N2O8/c1-37(33(39)19-13-11-17-27-23-29(41-3)35(45-7)30(24-27)42-4)21-15-9-10-16-22-38(2)34(40)20-14-12-18-28-25-31(43-5)36(46-8)32(26-28)44-6/h11-14,17-20,23-26H,9-10,15-16,21-22H2,1-8H3/b17-11+,18-12+,19-13+,20-14+. The van der Waals surface area contributed by atoms with Gasteiger partial charge in [-0.2, -0.15) is 0 Å². The maximum Gasteiger partial charge on any atom is 0.246 e. The first kappa shape index (κ1) is 37.3. The molecule has 0 N–H and O–H groups in total. The van der Waals surface area contributed by atoms with E-state index < -0.39 is 0 Å². The molecule has 0 aliphatic carbocycles. The van der Waals surface area contributed by atoms with Crippen LogP contribution in [0.15, 0.2) is 60.7 Å². The third-order valence-electron chi connectivity index (χ3n) is 7.14. The van der Waals surface area contributed by atoms with Crippen molar-refractivity contribution in [2.75, 3.05) is 69.8 Å². The average Bonchev–Trinajstić information content (AvgIpc) is 3.08. The SMILES string of the molecule is COc1cc(/C=C/C=C/C(=O)N(C)CCCCCCN(C)C(=O)/C=C/C=C/c2cc(OC)c(OC)c(OC)c2)cc(OC)c1OC. The molecule has 46 heavy (non-hydrogen) atoms. The van der Waals surface area contributed by atoms with Crippen LogP contribution in [0.2, 0.25) is 0 Å². The largest absolute Gasteiger partial charge is 0.493 e. The molecule has 0 spiro atoms. The Hall–Kier alpha value is -4.86. The van der Waals surface area contributed by atoms with Crippen LogP contribution in [-0.2, 0) is 9.59 Å². The van der Waals surface area contributed by atoms with Gasteiger partial charge >= 0.3 is 0 Å². The van der Waals surface area contributed by atoms with E-state index in [9.17, 15) is 9.59 Å². The number of carbonyl (C=O) groups excluding carboxylic acids is 2. The zero-order valence-corrected chi connectivity index (χ0v) is 28.3. The van der Waals surface area contributed by atoms with Crippen LogP contribution in [-0.4, -0.2) is 91.5 Å². The van der Waals surface area contributed by atoms with Crippen LogP contribution in [0.3, 0.4) is 0 Å². The molecule has 2 rings (SSSR count). The third-order valence-corrected chi connectivity index (χ3v) is 7.14. The fraction of sp³-hybridized carbons (Fsp3) is 0.389. The molecule has 2 aromatic rings. The predicted molar refractivity (Wildman–Crippen MR) is 182 cm³/mol. The Bertz CT molecular complexity index is 1240. The highest BCUT2D eigenvalue weighted by atomic mass is 16.5. The van der Waals surface area contributed by atoms with Crippen molar-refractivity contribution >= 4 is 24.0 Å². The normalized spacial score (nSPS) is 11.4. The maximum atomic E-state index is 12.5. The van der Waals surface area contributed by atoms with E-state index in [-0.39, 0.29) is 11.8 Å². The molecule has 250 valence electrons. The summed E-state index contributed by atoms with van der Waals surface area (Å²) >= 11 is 0. The van der Waals surface area contributed by atoms with Gasteiger partial charge in [-0.05, 0) is 48.2 Å². The summed E-state index contributed by atoms with van der Waals surface area (Å²) in [6, 6.07) is 7.34. The molecular weight excluding hydrogens is 588 g/mol. The zero-order valence-electron chi connectivity index (χ0n) is 28.3. The van der Waals surface area contributed by atoms with Crippen LogP contribution in [0.4, 0.5) is 0 Å². The first-order valence-electron chi connectivity index (χ1n) is 15.0. The second kappa shape index (κ2) is 20.2. The van der Waals surface area contributed by atoms with Gasteiger partial charge in [-0.3, -0.25) is 9.59 Å². The third kappa shape index (κ3) is 11.6. The Balaban J connectivity index is 1.70. The lowest BCUT2D eigenvalue weighted by Gasteiger charge is -2.16. The van der Waals surface area contributed by atoms with Crippen LogP contribution in [0.25, 0.3) is 12.2 Å². The number of rotatable bonds is 19. The van der Waals surface area contributed by atoms with Gasteiger partial charge in [0.15, 0.2) is 23.0 Å². The van der Waals surface area contributed by atoms with E-state index in [4.69, 9.17) is 28.4 Å². The Kier molecular flexibility index (Phi) is 16.4. The molecule has 0 aliphatic rings. The average molecular weight is 637 g/mol. The maximum absolute atomic E-state index is 12.5. The summed E-state index contributed by atoms with van der Waals surface area (Å²) in [7, 11) is 13.0. The summed E-state index contributed by atoms with van der Waals surface area (Å²) in [6.45, 7) is 1.32. The molecule has 0 atom stereocenters. The second-order valence-electron chi connectivity index (χ2n) is 10.3. The molecule has 0 heterocycles. The topological polar surface area (TPSA) is 96.0 Å². The number of hydrogen-bond acceptors (Lipinski definition) is 8. The molecular formula is C36H48N2O8. The Morgan fingerprint density at radius 2 is 0.848 bits per heavy atom. The van der Waals surface area contributed by atoms with Gasteiger partial charge in [0.2, 0.25) is 23.3 Å². The minimum atomic E-state index is -0.0639. The molecule has 2 aromatic carbocycles. The van der Waals surface area contributed by atoms with Crippen LogP contribution < -0.4 is 28.4 Å². The van der Waals surface area contributed by atoms with Crippen LogP contribution in [0, 0.1) is 0 Å². The molecule has 0 saturated carbocycles. The van der Waals surface area contributed by atoms with E-state index in [0.717, 1.165) is 36.8 Å². The molecule has 0 aliphatic heterocycles. The lowest BCUT2D eigenvalue weighted by molar-refractivity contribution is -0.125. The quantitative estimate of drug-likeness (QED) is 0.104. The van der Waals surface area contributed by atoms with Crippen molar-refractivity contribution < 1.29 is 38.0 Å². The first-order valence-corrected chi connectivity index (χ1v) is 15.0. The van der Waals surface area contributed by atoms with Crippen molar-refractivity contribution in [2.45, 2.75) is 25.7 Å². The van der Waals surface area contributed by atoms with Gasteiger partial charge in [-0.1, -0.05) is 49.3 Å². The number of hydrogen-bond donors (Lipinski definition) is 0. The number of unbranched alkanes of at least 4 members (excludes halogenated alkanes) is 3. The highest BCUT2D eigenvalue weighted by molar-refractivity contribution is 5.88. The van der Waals surface area contributed by atoms with E-state index in [2.05, 4.69) is 0 Å². The number of benzene rings is 2. The number of amides is 2. The van der Waals surface area contributed by atoms with Crippen molar-refractivity contribution in [3.8, 4) is 34.5 Å². The summed E-state index contributed by atoms with van der Waals surface area (Å²) < 4.78 is 32.2. The lowest BCUT2D eigenvalue weighted by Crippen LogP contribution is -2.26. The van der Waals surface area contributed by atoms with Crippen LogP contribution >= 0.6 is 0 Å². The Morgan fingerprint density at radius 3 is 1.13 bits per heavy atom. The highest BCUT2D eigenvalue weighted by Crippen LogP contribution is 2.39. The molecule has 0 unspecified atom stereocenters. The Morgan fingerprint density at radius 1 is 0.522 bits per heavy atom. The highest BCUT2D eigenvalue weighted by Gasteiger charge is 2.13. The Labute approximate surface area is 273 Å². The van der Waals surface area contributed by atoms with Gasteiger partial charge in [0, 0.05) is 39.3 Å². The summed E-state index contributed by atoms with van der Waals surface area (Å²) in [5.74, 6) is 3.19. The van der Waals surface area contributed by atoms with Gasteiger partial charge in [0.1, 0.15) is 0 Å². The first-order chi connectivity index (χ1) is 22.2. The summed E-state index contributed by atoms with van der Waals surface area (Å²) in [4.78, 5) is 28.4. The van der Waals surface area contributed by atoms with E-state index in [0.29, 0.717) is 47.6 Å². The number of nitrogens with zero attached hydrogens (tertiary/aromatic N) is 2. The van der Waals surface area contributed by atoms with Crippen molar-refractivity contribution in [1.29, 1.82) is 0 Å². The van der Waals surface area contributed by atoms with Crippen molar-refractivity contribution in [3.63, 3.8) is 0 Å². The fourth-order valence-electron chi connectivity index (χ4n) is 4.53. The monoisotopic (exact) mass is 636 g/mol. The van der Waals surface area contributed by atoms with Gasteiger partial charge in [-0.25, -0.2) is 0 Å². The molecule has 0 saturated heterocycles. The van der Waals surface area contributed by atoms with E-state index >= 15 is 0 Å². The molecule has 2 amide bonds. The molecule has 0 radical (unpaired) electrons. The molecule has 10 heteroatoms. The van der Waals surface area contributed by atoms with Crippen LogP contribution in [0.5, 0.6) is 34.5 Å². The van der Waals surface area contributed by atoms with Gasteiger partial charge in [0.05, 0.1) is 42.7 Å². The van der Waals surface area contributed by atoms with Crippen LogP contribution in [0.1, 0.15) is 36.8 Å². The zero-order chi connectivity index (χ0) is 33.9. The summed E-state index contributed by atoms with van der Waals surface area (Å²) in [6.07, 6.45) is 17.6. The number of carbonyl (C=O) groups is 2. The van der Waals surface area contributed by atoms with Gasteiger partial charge < -0.3 is 38.2 Å². The summed E-state index contributed by atoms with van der Waals surface area (Å²) in [5, 5.41) is 0. The van der Waals surface area contributed by atoms with E-state index in [1.807, 2.05) is 36.4 Å². The fourth-order valence-corrected chi connectivity index (χ4v) is 4.53. The second-order valence-corrected chi connectivity index (χ2v) is 10.3. The minimum Gasteiger partial charge on any atom is -0.493 e. The molecule has 10 nitrogen and oxygen atoms in total. The molecule has 0 fully saturated rings. The number of methoxy groups -OCH3 is 6. The molecule has 0 bridgehead atoms. The van der Waals surface area contributed by atoms with Crippen molar-refractivity contribution in [3.05, 3.63) is 71.8 Å². The van der Waals surface area contributed by atoms with Crippen molar-refractivity contribution in [1.82, 2.24) is 9.80 Å².